The van der Waals surface area contributed by atoms with Crippen molar-refractivity contribution < 1.29 is 0 Å². The molecule has 1 aliphatic rings. The van der Waals surface area contributed by atoms with Crippen LogP contribution in [0.4, 0.5) is 0 Å². The Balaban J connectivity index is 1.65. The summed E-state index contributed by atoms with van der Waals surface area (Å²) in [5, 5.41) is 5.80. The van der Waals surface area contributed by atoms with Gasteiger partial charge in [0.2, 0.25) is 0 Å². The lowest BCUT2D eigenvalue weighted by molar-refractivity contribution is 0.0894. The van der Waals surface area contributed by atoms with E-state index in [1.165, 1.54) is 5.69 Å². The molecule has 3 heterocycles. The maximum atomic E-state index is 6.15. The minimum atomic E-state index is 0.447. The zero-order valence-corrected chi connectivity index (χ0v) is 13.0. The van der Waals surface area contributed by atoms with Crippen molar-refractivity contribution in [2.45, 2.75) is 26.4 Å². The minimum Gasteiger partial charge on any atom is -0.295 e. The van der Waals surface area contributed by atoms with Crippen LogP contribution in [-0.4, -0.2) is 32.8 Å². The Morgan fingerprint density at radius 2 is 1.85 bits per heavy atom. The zero-order chi connectivity index (χ0) is 14.3. The van der Waals surface area contributed by atoms with Crippen LogP contribution in [0.3, 0.4) is 0 Å². The molecule has 1 saturated heterocycles. The Kier molecular flexibility index (Phi) is 3.71. The number of nitrogens with zero attached hydrogens (tertiary/aromatic N) is 4. The third kappa shape index (κ3) is 2.55. The number of rotatable bonds is 3. The number of hydrogen-bond acceptors (Lipinski definition) is 3. The smallest absolute Gasteiger partial charge is 0.0776 e. The molecule has 2 aromatic heterocycles. The molecule has 0 atom stereocenters. The van der Waals surface area contributed by atoms with Crippen LogP contribution in [0.2, 0.25) is 10.0 Å². The van der Waals surface area contributed by atoms with Gasteiger partial charge in [-0.1, -0.05) is 23.2 Å². The molecule has 0 unspecified atom stereocenters. The largest absolute Gasteiger partial charge is 0.295 e. The number of aromatic nitrogens is 3. The second-order valence-electron chi connectivity index (χ2n) is 5.30. The average Bonchev–Trinajstić information content (AvgIpc) is 2.65. The summed E-state index contributed by atoms with van der Waals surface area (Å²) in [5.74, 6) is 0. The van der Waals surface area contributed by atoms with Crippen molar-refractivity contribution in [1.82, 2.24) is 19.7 Å². The second kappa shape index (κ2) is 5.35. The highest BCUT2D eigenvalue weighted by molar-refractivity contribution is 6.35. The fourth-order valence-electron chi connectivity index (χ4n) is 2.65. The maximum absolute atomic E-state index is 6.15. The van der Waals surface area contributed by atoms with Gasteiger partial charge in [0.25, 0.3) is 0 Å². The summed E-state index contributed by atoms with van der Waals surface area (Å²) in [4.78, 5) is 6.29. The standard InChI is InChI=1S/C14H16Cl2N4/c1-9-3-10(2)20(18-9)11-6-19(7-11)8-12-13(15)4-17-5-14(12)16/h3-5,11H,6-8H2,1-2H3. The topological polar surface area (TPSA) is 34.0 Å². The Morgan fingerprint density at radius 3 is 2.40 bits per heavy atom. The monoisotopic (exact) mass is 310 g/mol. The summed E-state index contributed by atoms with van der Waals surface area (Å²) in [6.45, 7) is 6.82. The van der Waals surface area contributed by atoms with E-state index in [-0.39, 0.29) is 0 Å². The Labute approximate surface area is 128 Å². The highest BCUT2D eigenvalue weighted by Gasteiger charge is 2.30. The van der Waals surface area contributed by atoms with Gasteiger partial charge in [-0.2, -0.15) is 5.10 Å². The first-order valence-electron chi connectivity index (χ1n) is 6.57. The van der Waals surface area contributed by atoms with Crippen molar-refractivity contribution in [1.29, 1.82) is 0 Å². The lowest BCUT2D eigenvalue weighted by Gasteiger charge is -2.40. The third-order valence-corrected chi connectivity index (χ3v) is 4.31. The summed E-state index contributed by atoms with van der Waals surface area (Å²) in [6.07, 6.45) is 3.28. The van der Waals surface area contributed by atoms with Crippen molar-refractivity contribution >= 4 is 23.2 Å². The molecule has 0 amide bonds. The number of aryl methyl sites for hydroxylation is 2. The molecule has 1 aliphatic heterocycles. The summed E-state index contributed by atoms with van der Waals surface area (Å²) in [7, 11) is 0. The lowest BCUT2D eigenvalue weighted by Crippen LogP contribution is -2.47. The van der Waals surface area contributed by atoms with Crippen LogP contribution in [0.25, 0.3) is 0 Å². The van der Waals surface area contributed by atoms with E-state index >= 15 is 0 Å². The van der Waals surface area contributed by atoms with Crippen LogP contribution in [0, 0.1) is 13.8 Å². The molecule has 2 aromatic rings. The van der Waals surface area contributed by atoms with Crippen LogP contribution in [0.1, 0.15) is 23.0 Å². The Bertz CT molecular complexity index is 612. The minimum absolute atomic E-state index is 0.447. The van der Waals surface area contributed by atoms with Crippen molar-refractivity contribution in [3.8, 4) is 0 Å². The molecule has 106 valence electrons. The Hall–Kier alpha value is -1.10. The van der Waals surface area contributed by atoms with Gasteiger partial charge in [-0.3, -0.25) is 14.6 Å². The molecule has 0 N–H and O–H groups in total. The van der Waals surface area contributed by atoms with E-state index in [0.29, 0.717) is 16.1 Å². The molecule has 1 fully saturated rings. The number of pyridine rings is 1. The van der Waals surface area contributed by atoms with Gasteiger partial charge in [0.05, 0.1) is 21.8 Å². The zero-order valence-electron chi connectivity index (χ0n) is 11.5. The van der Waals surface area contributed by atoms with Gasteiger partial charge in [0, 0.05) is 43.3 Å². The summed E-state index contributed by atoms with van der Waals surface area (Å²) >= 11 is 12.3. The first kappa shape index (κ1) is 13.9. The second-order valence-corrected chi connectivity index (χ2v) is 6.12. The lowest BCUT2D eigenvalue weighted by atomic mass is 10.1. The first-order valence-corrected chi connectivity index (χ1v) is 7.33. The Morgan fingerprint density at radius 1 is 1.20 bits per heavy atom. The molecule has 0 saturated carbocycles. The molecule has 0 radical (unpaired) electrons. The number of likely N-dealkylation sites (tertiary alicyclic amines) is 1. The van der Waals surface area contributed by atoms with Crippen LogP contribution in [0.15, 0.2) is 18.5 Å². The van der Waals surface area contributed by atoms with E-state index in [1.807, 2.05) is 6.92 Å². The SMILES string of the molecule is Cc1cc(C)n(C2CN(Cc3c(Cl)cncc3Cl)C2)n1. The molecular formula is C14H16Cl2N4. The van der Waals surface area contributed by atoms with Crippen LogP contribution in [-0.2, 0) is 6.54 Å². The number of hydrogen-bond donors (Lipinski definition) is 0. The van der Waals surface area contributed by atoms with Gasteiger partial charge < -0.3 is 0 Å². The van der Waals surface area contributed by atoms with Crippen molar-refractivity contribution in [3.63, 3.8) is 0 Å². The molecule has 3 rings (SSSR count). The fraction of sp³-hybridized carbons (Fsp3) is 0.429. The van der Waals surface area contributed by atoms with Crippen LogP contribution < -0.4 is 0 Å². The quantitative estimate of drug-likeness (QED) is 0.872. The van der Waals surface area contributed by atoms with Crippen molar-refractivity contribution in [2.24, 2.45) is 0 Å². The molecule has 0 spiro atoms. The van der Waals surface area contributed by atoms with Gasteiger partial charge in [0.1, 0.15) is 0 Å². The van der Waals surface area contributed by atoms with Gasteiger partial charge >= 0.3 is 0 Å². The summed E-state index contributed by atoms with van der Waals surface area (Å²) in [6, 6.07) is 2.56. The molecule has 6 heteroatoms. The molecule has 0 aliphatic carbocycles. The molecule has 4 nitrogen and oxygen atoms in total. The van der Waals surface area contributed by atoms with E-state index in [9.17, 15) is 0 Å². The summed E-state index contributed by atoms with van der Waals surface area (Å²) < 4.78 is 2.11. The van der Waals surface area contributed by atoms with Gasteiger partial charge in [-0.05, 0) is 19.9 Å². The highest BCUT2D eigenvalue weighted by Crippen LogP contribution is 2.29. The van der Waals surface area contributed by atoms with E-state index in [4.69, 9.17) is 23.2 Å². The van der Waals surface area contributed by atoms with Gasteiger partial charge in [-0.25, -0.2) is 0 Å². The highest BCUT2D eigenvalue weighted by atomic mass is 35.5. The van der Waals surface area contributed by atoms with Crippen LogP contribution >= 0.6 is 23.2 Å². The fourth-order valence-corrected chi connectivity index (χ4v) is 3.14. The van der Waals surface area contributed by atoms with E-state index in [2.05, 4.69) is 32.7 Å². The van der Waals surface area contributed by atoms with Gasteiger partial charge in [0.15, 0.2) is 0 Å². The average molecular weight is 311 g/mol. The molecular weight excluding hydrogens is 295 g/mol. The maximum Gasteiger partial charge on any atom is 0.0776 e. The van der Waals surface area contributed by atoms with Crippen LogP contribution in [0.5, 0.6) is 0 Å². The summed E-state index contributed by atoms with van der Waals surface area (Å²) in [5.41, 5.74) is 3.24. The van der Waals surface area contributed by atoms with E-state index in [0.717, 1.165) is 30.9 Å². The normalized spacial score (nSPS) is 16.4. The van der Waals surface area contributed by atoms with Gasteiger partial charge in [-0.15, -0.1) is 0 Å². The predicted molar refractivity (Wildman–Crippen MR) is 80.3 cm³/mol. The predicted octanol–water partition coefficient (Wildman–Crippen LogP) is 3.26. The molecule has 20 heavy (non-hydrogen) atoms. The third-order valence-electron chi connectivity index (χ3n) is 3.66. The van der Waals surface area contributed by atoms with Crippen molar-refractivity contribution in [2.75, 3.05) is 13.1 Å². The van der Waals surface area contributed by atoms with E-state index in [1.54, 1.807) is 12.4 Å². The first-order chi connectivity index (χ1) is 9.54. The molecule has 0 bridgehead atoms. The van der Waals surface area contributed by atoms with E-state index < -0.39 is 0 Å². The van der Waals surface area contributed by atoms with Crippen molar-refractivity contribution in [3.05, 3.63) is 45.5 Å². The number of halogens is 2. The molecule has 0 aromatic carbocycles.